The summed E-state index contributed by atoms with van der Waals surface area (Å²) in [5, 5.41) is 0. The van der Waals surface area contributed by atoms with Crippen molar-refractivity contribution < 1.29 is 0 Å². The third kappa shape index (κ3) is 3.99. The van der Waals surface area contributed by atoms with Crippen LogP contribution in [0.15, 0.2) is 122 Å². The van der Waals surface area contributed by atoms with Crippen LogP contribution < -0.4 is 0 Å². The molecule has 0 fully saturated rings. The van der Waals surface area contributed by atoms with Gasteiger partial charge in [0, 0.05) is 34.6 Å². The number of aromatic nitrogens is 4. The molecule has 6 aromatic rings. The molecule has 174 valence electrons. The average molecular weight is 475 g/mol. The second-order valence-electron chi connectivity index (χ2n) is 9.21. The molecule has 0 saturated carbocycles. The maximum atomic E-state index is 4.86. The van der Waals surface area contributed by atoms with E-state index in [0.29, 0.717) is 17.5 Å². The van der Waals surface area contributed by atoms with Crippen molar-refractivity contribution in [1.29, 1.82) is 0 Å². The highest BCUT2D eigenvalue weighted by molar-refractivity contribution is 5.81. The predicted molar refractivity (Wildman–Crippen MR) is 148 cm³/mol. The van der Waals surface area contributed by atoms with Crippen LogP contribution in [0.1, 0.15) is 11.1 Å². The smallest absolute Gasteiger partial charge is 0.165 e. The Bertz CT molecular complexity index is 1690. The van der Waals surface area contributed by atoms with Gasteiger partial charge in [-0.1, -0.05) is 103 Å². The Morgan fingerprint density at radius 2 is 0.973 bits per heavy atom. The van der Waals surface area contributed by atoms with Gasteiger partial charge in [0.1, 0.15) is 0 Å². The van der Waals surface area contributed by atoms with Gasteiger partial charge in [-0.2, -0.15) is 0 Å². The normalized spacial score (nSPS) is 11.7. The second kappa shape index (κ2) is 8.92. The highest BCUT2D eigenvalue weighted by Crippen LogP contribution is 2.38. The first-order valence-electron chi connectivity index (χ1n) is 12.4. The Morgan fingerprint density at radius 1 is 0.405 bits per heavy atom. The Balaban J connectivity index is 1.32. The summed E-state index contributed by atoms with van der Waals surface area (Å²) in [6.07, 6.45) is 4.69. The molecular formula is C33H22N4. The first-order chi connectivity index (χ1) is 18.3. The fraction of sp³-hybridized carbons (Fsp3) is 0.0303. The zero-order chi connectivity index (χ0) is 24.6. The molecule has 0 amide bonds. The molecule has 4 nitrogen and oxygen atoms in total. The van der Waals surface area contributed by atoms with Gasteiger partial charge in [-0.3, -0.25) is 4.98 Å². The molecule has 0 aliphatic heterocycles. The quantitative estimate of drug-likeness (QED) is 0.265. The van der Waals surface area contributed by atoms with E-state index < -0.39 is 0 Å². The first-order valence-corrected chi connectivity index (χ1v) is 12.4. The van der Waals surface area contributed by atoms with Crippen LogP contribution in [-0.4, -0.2) is 19.9 Å². The van der Waals surface area contributed by atoms with Crippen LogP contribution in [0.4, 0.5) is 0 Å². The Morgan fingerprint density at radius 3 is 1.68 bits per heavy atom. The van der Waals surface area contributed by atoms with Gasteiger partial charge in [-0.05, 0) is 40.3 Å². The van der Waals surface area contributed by atoms with Gasteiger partial charge < -0.3 is 0 Å². The van der Waals surface area contributed by atoms with Gasteiger partial charge in [0.25, 0.3) is 0 Å². The highest BCUT2D eigenvalue weighted by atomic mass is 15.0. The zero-order valence-corrected chi connectivity index (χ0v) is 20.0. The molecule has 4 heteroatoms. The Labute approximate surface area is 215 Å². The molecule has 2 heterocycles. The maximum absolute atomic E-state index is 4.86. The van der Waals surface area contributed by atoms with Crippen LogP contribution in [0.3, 0.4) is 0 Å². The lowest BCUT2D eigenvalue weighted by molar-refractivity contribution is 1.07. The number of fused-ring (bicyclic) bond motifs is 3. The van der Waals surface area contributed by atoms with Crippen molar-refractivity contribution in [1.82, 2.24) is 19.9 Å². The lowest BCUT2D eigenvalue weighted by Gasteiger charge is -2.10. The first kappa shape index (κ1) is 21.3. The third-order valence-corrected chi connectivity index (χ3v) is 6.82. The van der Waals surface area contributed by atoms with Gasteiger partial charge in [-0.25, -0.2) is 15.0 Å². The van der Waals surface area contributed by atoms with Gasteiger partial charge in [0.2, 0.25) is 0 Å². The number of nitrogens with zero attached hydrogens (tertiary/aromatic N) is 4. The molecule has 1 aliphatic rings. The fourth-order valence-corrected chi connectivity index (χ4v) is 4.98. The Hall–Kier alpha value is -4.96. The molecule has 0 bridgehead atoms. The third-order valence-electron chi connectivity index (χ3n) is 6.82. The summed E-state index contributed by atoms with van der Waals surface area (Å²) in [7, 11) is 0. The van der Waals surface area contributed by atoms with Crippen molar-refractivity contribution in [3.63, 3.8) is 0 Å². The van der Waals surface area contributed by atoms with E-state index in [1.807, 2.05) is 73.1 Å². The van der Waals surface area contributed by atoms with E-state index >= 15 is 0 Å². The highest BCUT2D eigenvalue weighted by Gasteiger charge is 2.19. The summed E-state index contributed by atoms with van der Waals surface area (Å²) in [4.78, 5) is 19.1. The molecule has 0 radical (unpaired) electrons. The van der Waals surface area contributed by atoms with Crippen molar-refractivity contribution in [2.75, 3.05) is 0 Å². The minimum Gasteiger partial charge on any atom is -0.263 e. The number of rotatable bonds is 4. The minimum atomic E-state index is 0.607. The topological polar surface area (TPSA) is 51.6 Å². The summed E-state index contributed by atoms with van der Waals surface area (Å²) >= 11 is 0. The number of hydrogen-bond donors (Lipinski definition) is 0. The van der Waals surface area contributed by atoms with Crippen molar-refractivity contribution in [3.05, 3.63) is 133 Å². The van der Waals surface area contributed by atoms with Crippen LogP contribution in [0.25, 0.3) is 56.4 Å². The van der Waals surface area contributed by atoms with E-state index in [-0.39, 0.29) is 0 Å². The van der Waals surface area contributed by atoms with Crippen LogP contribution >= 0.6 is 0 Å². The second-order valence-corrected chi connectivity index (χ2v) is 9.21. The van der Waals surface area contributed by atoms with E-state index in [9.17, 15) is 0 Å². The number of hydrogen-bond acceptors (Lipinski definition) is 4. The van der Waals surface area contributed by atoms with Gasteiger partial charge in [0.15, 0.2) is 17.5 Å². The van der Waals surface area contributed by atoms with Crippen molar-refractivity contribution in [2.45, 2.75) is 6.42 Å². The standard InChI is InChI=1S/C33H22N4/c1-3-9-22(10-4-1)31-35-32(23-11-5-2-6-12-23)37-33(36-31)28-19-27(20-34-21-28)24-15-16-30-26(17-24)18-25-13-7-8-14-29(25)30/h1-17,19-21H,18H2. The summed E-state index contributed by atoms with van der Waals surface area (Å²) in [6, 6.07) is 37.5. The molecule has 0 unspecified atom stereocenters. The SMILES string of the molecule is c1ccc(-c2nc(-c3ccccc3)nc(-c3cncc(-c4ccc5c(c4)Cc4ccccc4-5)c3)n2)cc1. The van der Waals surface area contributed by atoms with Crippen molar-refractivity contribution in [2.24, 2.45) is 0 Å². The molecule has 0 saturated heterocycles. The molecule has 4 aromatic carbocycles. The molecule has 0 atom stereocenters. The van der Waals surface area contributed by atoms with E-state index in [2.05, 4.69) is 53.5 Å². The molecule has 0 N–H and O–H groups in total. The fourth-order valence-electron chi connectivity index (χ4n) is 4.98. The zero-order valence-electron chi connectivity index (χ0n) is 20.0. The number of benzene rings is 4. The van der Waals surface area contributed by atoms with E-state index in [4.69, 9.17) is 15.0 Å². The van der Waals surface area contributed by atoms with Crippen molar-refractivity contribution >= 4 is 0 Å². The van der Waals surface area contributed by atoms with E-state index in [1.165, 1.54) is 22.3 Å². The van der Waals surface area contributed by atoms with Crippen LogP contribution in [0.5, 0.6) is 0 Å². The Kier molecular flexibility index (Phi) is 5.14. The lowest BCUT2D eigenvalue weighted by atomic mass is 9.99. The van der Waals surface area contributed by atoms with Crippen LogP contribution in [-0.2, 0) is 6.42 Å². The van der Waals surface area contributed by atoms with Crippen molar-refractivity contribution in [3.8, 4) is 56.4 Å². The van der Waals surface area contributed by atoms with Crippen LogP contribution in [0.2, 0.25) is 0 Å². The number of pyridine rings is 1. The van der Waals surface area contributed by atoms with Gasteiger partial charge in [0.05, 0.1) is 0 Å². The molecule has 2 aromatic heterocycles. The van der Waals surface area contributed by atoms with E-state index in [1.54, 1.807) is 0 Å². The summed E-state index contributed by atoms with van der Waals surface area (Å²) in [5.74, 6) is 1.89. The summed E-state index contributed by atoms with van der Waals surface area (Å²) in [6.45, 7) is 0. The lowest BCUT2D eigenvalue weighted by Crippen LogP contribution is -2.00. The largest absolute Gasteiger partial charge is 0.263 e. The predicted octanol–water partition coefficient (Wildman–Crippen LogP) is 7.51. The average Bonchev–Trinajstić information content (AvgIpc) is 3.36. The maximum Gasteiger partial charge on any atom is 0.165 e. The minimum absolute atomic E-state index is 0.607. The molecule has 37 heavy (non-hydrogen) atoms. The summed E-state index contributed by atoms with van der Waals surface area (Å²) in [5.41, 5.74) is 10.3. The van der Waals surface area contributed by atoms with E-state index in [0.717, 1.165) is 34.2 Å². The molecule has 0 spiro atoms. The van der Waals surface area contributed by atoms with Crippen LogP contribution in [0, 0.1) is 0 Å². The van der Waals surface area contributed by atoms with Gasteiger partial charge in [-0.15, -0.1) is 0 Å². The molecular weight excluding hydrogens is 452 g/mol. The molecule has 7 rings (SSSR count). The van der Waals surface area contributed by atoms with Gasteiger partial charge >= 0.3 is 0 Å². The monoisotopic (exact) mass is 474 g/mol. The summed E-state index contributed by atoms with van der Waals surface area (Å²) < 4.78 is 0. The molecule has 1 aliphatic carbocycles.